The van der Waals surface area contributed by atoms with E-state index < -0.39 is 9.84 Å². The molecule has 0 saturated heterocycles. The minimum Gasteiger partial charge on any atom is -0.383 e. The van der Waals surface area contributed by atoms with Crippen molar-refractivity contribution in [2.24, 2.45) is 0 Å². The number of nitrogens with two attached hydrogens (primary N) is 1. The Balaban J connectivity index is 3.09. The monoisotopic (exact) mass is 300 g/mol. The quantitative estimate of drug-likeness (QED) is 0.874. The van der Waals surface area contributed by atoms with Crippen molar-refractivity contribution in [3.63, 3.8) is 0 Å². The first-order valence-electron chi connectivity index (χ1n) is 6.49. The molecule has 0 aromatic carbocycles. The van der Waals surface area contributed by atoms with Gasteiger partial charge in [0.05, 0.1) is 5.75 Å². The molecule has 0 aliphatic heterocycles. The van der Waals surface area contributed by atoms with E-state index in [1.54, 1.807) is 6.92 Å². The first-order valence-corrected chi connectivity index (χ1v) is 8.55. The highest BCUT2D eigenvalue weighted by molar-refractivity contribution is 7.90. The maximum atomic E-state index is 11.3. The predicted octanol–water partition coefficient (Wildman–Crippen LogP) is 1.51. The first kappa shape index (κ1) is 16.7. The van der Waals surface area contributed by atoms with Gasteiger partial charge in [-0.2, -0.15) is 0 Å². The summed E-state index contributed by atoms with van der Waals surface area (Å²) >= 11 is 0. The van der Waals surface area contributed by atoms with Crippen LogP contribution in [0.1, 0.15) is 39.1 Å². The van der Waals surface area contributed by atoms with Gasteiger partial charge in [0, 0.05) is 23.3 Å². The van der Waals surface area contributed by atoms with Crippen molar-refractivity contribution in [3.05, 3.63) is 11.4 Å². The van der Waals surface area contributed by atoms with Crippen LogP contribution >= 0.6 is 0 Å². The molecule has 0 radical (unpaired) electrons. The van der Waals surface area contributed by atoms with Crippen molar-refractivity contribution in [2.75, 3.05) is 23.1 Å². The van der Waals surface area contributed by atoms with Crippen LogP contribution in [0.15, 0.2) is 0 Å². The molecular weight excluding hydrogens is 276 g/mol. The highest BCUT2D eigenvalue weighted by Crippen LogP contribution is 2.25. The van der Waals surface area contributed by atoms with Gasteiger partial charge in [-0.05, 0) is 13.8 Å². The Hall–Kier alpha value is -1.37. The fourth-order valence-electron chi connectivity index (χ4n) is 1.74. The number of aromatic nitrogens is 2. The molecular formula is C13H24N4O2S. The third-order valence-corrected chi connectivity index (χ3v) is 3.90. The van der Waals surface area contributed by atoms with Crippen LogP contribution < -0.4 is 11.1 Å². The number of rotatable bonds is 4. The minimum atomic E-state index is -3.04. The summed E-state index contributed by atoms with van der Waals surface area (Å²) in [5, 5.41) is 3.11. The van der Waals surface area contributed by atoms with Crippen molar-refractivity contribution in [2.45, 2.75) is 46.1 Å². The average molecular weight is 300 g/mol. The number of nitrogens with one attached hydrogen (secondary N) is 1. The van der Waals surface area contributed by atoms with Crippen molar-refractivity contribution < 1.29 is 8.42 Å². The number of sulfone groups is 1. The fraction of sp³-hybridized carbons (Fsp3) is 0.692. The molecule has 3 N–H and O–H groups in total. The van der Waals surface area contributed by atoms with E-state index in [-0.39, 0.29) is 17.2 Å². The molecule has 1 aromatic heterocycles. The Kier molecular flexibility index (Phi) is 4.63. The third kappa shape index (κ3) is 4.63. The second kappa shape index (κ2) is 5.55. The Bertz CT molecular complexity index is 591. The van der Waals surface area contributed by atoms with Crippen molar-refractivity contribution in [1.29, 1.82) is 0 Å². The molecule has 1 rings (SSSR count). The maximum absolute atomic E-state index is 11.3. The van der Waals surface area contributed by atoms with Gasteiger partial charge in [0.15, 0.2) is 0 Å². The summed E-state index contributed by atoms with van der Waals surface area (Å²) in [6.07, 6.45) is 1.22. The Morgan fingerprint density at radius 3 is 2.30 bits per heavy atom. The van der Waals surface area contributed by atoms with Gasteiger partial charge in [-0.25, -0.2) is 18.4 Å². The molecule has 6 nitrogen and oxygen atoms in total. The number of hydrogen-bond donors (Lipinski definition) is 2. The Labute approximate surface area is 121 Å². The Morgan fingerprint density at radius 2 is 1.85 bits per heavy atom. The second-order valence-corrected chi connectivity index (χ2v) is 8.48. The van der Waals surface area contributed by atoms with Crippen LogP contribution in [0.5, 0.6) is 0 Å². The zero-order chi connectivity index (χ0) is 15.7. The number of anilines is 2. The van der Waals surface area contributed by atoms with Gasteiger partial charge in [0.2, 0.25) is 0 Å². The molecule has 0 aliphatic carbocycles. The number of nitrogen functional groups attached to an aromatic ring is 1. The van der Waals surface area contributed by atoms with E-state index >= 15 is 0 Å². The number of nitrogens with zero attached hydrogens (tertiary/aromatic N) is 2. The lowest BCUT2D eigenvalue weighted by atomic mass is 9.95. The average Bonchev–Trinajstić information content (AvgIpc) is 2.20. The van der Waals surface area contributed by atoms with Crippen molar-refractivity contribution in [1.82, 2.24) is 9.97 Å². The van der Waals surface area contributed by atoms with E-state index in [9.17, 15) is 8.42 Å². The van der Waals surface area contributed by atoms with Crippen LogP contribution in [-0.2, 0) is 15.3 Å². The highest BCUT2D eigenvalue weighted by Gasteiger charge is 2.21. The lowest BCUT2D eigenvalue weighted by Gasteiger charge is -2.21. The largest absolute Gasteiger partial charge is 0.383 e. The fourth-order valence-corrected chi connectivity index (χ4v) is 2.73. The lowest BCUT2D eigenvalue weighted by molar-refractivity contribution is 0.546. The maximum Gasteiger partial charge on any atom is 0.149 e. The lowest BCUT2D eigenvalue weighted by Crippen LogP contribution is -2.27. The minimum absolute atomic E-state index is 0.0429. The summed E-state index contributed by atoms with van der Waals surface area (Å²) in [4.78, 5) is 8.77. The molecule has 0 saturated carbocycles. The van der Waals surface area contributed by atoms with E-state index in [2.05, 4.69) is 15.3 Å². The summed E-state index contributed by atoms with van der Waals surface area (Å²) in [6.45, 7) is 9.62. The molecule has 1 atom stereocenters. The van der Waals surface area contributed by atoms with E-state index in [1.807, 2.05) is 27.7 Å². The molecule has 0 fully saturated rings. The second-order valence-electron chi connectivity index (χ2n) is 6.29. The molecule has 0 aliphatic rings. The highest BCUT2D eigenvalue weighted by atomic mass is 32.2. The molecule has 0 bridgehead atoms. The van der Waals surface area contributed by atoms with Gasteiger partial charge >= 0.3 is 0 Å². The van der Waals surface area contributed by atoms with Gasteiger partial charge in [0.1, 0.15) is 27.3 Å². The van der Waals surface area contributed by atoms with E-state index in [0.717, 1.165) is 5.56 Å². The van der Waals surface area contributed by atoms with Crippen molar-refractivity contribution >= 4 is 21.5 Å². The Morgan fingerprint density at radius 1 is 1.30 bits per heavy atom. The van der Waals surface area contributed by atoms with Crippen LogP contribution in [0.25, 0.3) is 0 Å². The normalized spacial score (nSPS) is 14.1. The molecule has 0 spiro atoms. The molecule has 114 valence electrons. The van der Waals surface area contributed by atoms with Crippen molar-refractivity contribution in [3.8, 4) is 0 Å². The summed E-state index contributed by atoms with van der Waals surface area (Å²) < 4.78 is 22.6. The summed E-state index contributed by atoms with van der Waals surface area (Å²) in [5.41, 5.74) is 6.42. The standard InChI is InChI=1S/C13H24N4O2S/c1-8(7-20(6,18)19)15-11-9(2)10(14)16-12(17-11)13(3,4)5/h8H,7H2,1-6H3,(H3,14,15,16,17). The molecule has 1 aromatic rings. The molecule has 1 unspecified atom stereocenters. The van der Waals surface area contributed by atoms with Gasteiger partial charge in [0.25, 0.3) is 0 Å². The zero-order valence-electron chi connectivity index (χ0n) is 13.0. The summed E-state index contributed by atoms with van der Waals surface area (Å²) in [6, 6.07) is -0.245. The zero-order valence-corrected chi connectivity index (χ0v) is 13.8. The molecule has 20 heavy (non-hydrogen) atoms. The summed E-state index contributed by atoms with van der Waals surface area (Å²) in [7, 11) is -3.04. The van der Waals surface area contributed by atoms with Crippen LogP contribution in [-0.4, -0.2) is 36.4 Å². The van der Waals surface area contributed by atoms with Crippen LogP contribution in [0.2, 0.25) is 0 Å². The predicted molar refractivity (Wildman–Crippen MR) is 82.7 cm³/mol. The van der Waals surface area contributed by atoms with Gasteiger partial charge < -0.3 is 11.1 Å². The molecule has 0 amide bonds. The van der Waals surface area contributed by atoms with Gasteiger partial charge in [-0.15, -0.1) is 0 Å². The van der Waals surface area contributed by atoms with E-state index in [1.165, 1.54) is 6.26 Å². The number of hydrogen-bond acceptors (Lipinski definition) is 6. The van der Waals surface area contributed by atoms with Gasteiger partial charge in [-0.3, -0.25) is 0 Å². The third-order valence-electron chi connectivity index (χ3n) is 2.79. The molecule has 7 heteroatoms. The molecule has 1 heterocycles. The topological polar surface area (TPSA) is 98.0 Å². The van der Waals surface area contributed by atoms with Gasteiger partial charge in [-0.1, -0.05) is 20.8 Å². The van der Waals surface area contributed by atoms with E-state index in [0.29, 0.717) is 17.5 Å². The first-order chi connectivity index (χ1) is 8.90. The smallest absolute Gasteiger partial charge is 0.149 e. The SMILES string of the molecule is Cc1c(N)nc(C(C)(C)C)nc1NC(C)CS(C)(=O)=O. The van der Waals surface area contributed by atoms with E-state index in [4.69, 9.17) is 5.73 Å². The van der Waals surface area contributed by atoms with Crippen LogP contribution in [0.4, 0.5) is 11.6 Å². The van der Waals surface area contributed by atoms with Crippen LogP contribution in [0.3, 0.4) is 0 Å². The van der Waals surface area contributed by atoms with Crippen LogP contribution in [0, 0.1) is 6.92 Å². The summed E-state index contributed by atoms with van der Waals surface area (Å²) in [5.74, 6) is 1.69.